The largest absolute Gasteiger partial charge is 0.381 e. The van der Waals surface area contributed by atoms with E-state index in [4.69, 9.17) is 4.74 Å². The fraction of sp³-hybridized carbons (Fsp3) is 0.364. The number of nitrogens with zero attached hydrogens (tertiary/aromatic N) is 4. The van der Waals surface area contributed by atoms with E-state index in [0.29, 0.717) is 36.2 Å². The minimum Gasteiger partial charge on any atom is -0.381 e. The Bertz CT molecular complexity index is 1130. The topological polar surface area (TPSA) is 106 Å². The van der Waals surface area contributed by atoms with Gasteiger partial charge in [-0.05, 0) is 19.4 Å². The number of nitrogens with one attached hydrogen (secondary N) is 3. The van der Waals surface area contributed by atoms with Crippen LogP contribution in [0.4, 0.5) is 30.6 Å². The summed E-state index contributed by atoms with van der Waals surface area (Å²) in [7, 11) is 0. The van der Waals surface area contributed by atoms with Gasteiger partial charge in [0, 0.05) is 55.2 Å². The molecule has 180 valence electrons. The Balaban J connectivity index is 1.31. The van der Waals surface area contributed by atoms with Crippen LogP contribution in [0.3, 0.4) is 0 Å². The first-order valence-corrected chi connectivity index (χ1v) is 10.7. The minimum absolute atomic E-state index is 0.0173. The maximum Gasteiger partial charge on any atom is 0.241 e. The van der Waals surface area contributed by atoms with Crippen molar-refractivity contribution in [1.29, 1.82) is 0 Å². The summed E-state index contributed by atoms with van der Waals surface area (Å²) < 4.78 is 47.5. The Morgan fingerprint density at radius 3 is 2.82 bits per heavy atom. The van der Waals surface area contributed by atoms with Crippen molar-refractivity contribution in [2.24, 2.45) is 5.92 Å². The molecule has 0 saturated carbocycles. The summed E-state index contributed by atoms with van der Waals surface area (Å²) in [6.07, 6.45) is 5.55. The van der Waals surface area contributed by atoms with Gasteiger partial charge in [0.25, 0.3) is 0 Å². The summed E-state index contributed by atoms with van der Waals surface area (Å²) in [5, 5.41) is 12.9. The second kappa shape index (κ2) is 10.5. The van der Waals surface area contributed by atoms with E-state index in [1.54, 1.807) is 6.20 Å². The average molecular weight is 475 g/mol. The van der Waals surface area contributed by atoms with Crippen LogP contribution in [-0.2, 0) is 22.6 Å². The lowest BCUT2D eigenvalue weighted by molar-refractivity contribution is -0.122. The van der Waals surface area contributed by atoms with Crippen LogP contribution in [-0.4, -0.2) is 44.9 Å². The van der Waals surface area contributed by atoms with Crippen LogP contribution in [0.5, 0.6) is 0 Å². The number of hydrogen-bond donors (Lipinski definition) is 3. The molecular formula is C22H24F3N7O2. The molecule has 1 fully saturated rings. The van der Waals surface area contributed by atoms with Crippen LogP contribution in [0.25, 0.3) is 0 Å². The first-order valence-electron chi connectivity index (χ1n) is 10.7. The maximum atomic E-state index is 13.8. The number of anilines is 3. The molecule has 2 unspecified atom stereocenters. The summed E-state index contributed by atoms with van der Waals surface area (Å²) in [6.45, 7) is 3.16. The second-order valence-corrected chi connectivity index (χ2v) is 8.00. The van der Waals surface area contributed by atoms with Crippen LogP contribution in [0.1, 0.15) is 18.9 Å². The fourth-order valence-corrected chi connectivity index (χ4v) is 3.59. The summed E-state index contributed by atoms with van der Waals surface area (Å²) in [6, 6.07) is 2.78. The fourth-order valence-electron chi connectivity index (χ4n) is 3.59. The van der Waals surface area contributed by atoms with Crippen LogP contribution >= 0.6 is 0 Å². The highest BCUT2D eigenvalue weighted by molar-refractivity contribution is 5.76. The molecule has 3 aromatic rings. The predicted molar refractivity (Wildman–Crippen MR) is 118 cm³/mol. The van der Waals surface area contributed by atoms with Gasteiger partial charge >= 0.3 is 0 Å². The highest BCUT2D eigenvalue weighted by Gasteiger charge is 2.23. The lowest BCUT2D eigenvalue weighted by Crippen LogP contribution is -2.40. The minimum atomic E-state index is -0.986. The van der Waals surface area contributed by atoms with Crippen LogP contribution in [0, 0.1) is 23.4 Å². The number of hydrogen-bond acceptors (Lipinski definition) is 7. The first-order chi connectivity index (χ1) is 16.4. The van der Waals surface area contributed by atoms with Crippen molar-refractivity contribution in [1.82, 2.24) is 25.1 Å². The van der Waals surface area contributed by atoms with Crippen molar-refractivity contribution in [2.45, 2.75) is 32.5 Å². The molecule has 0 radical (unpaired) electrons. The lowest BCUT2D eigenvalue weighted by Gasteiger charge is -2.19. The molecule has 3 N–H and O–H groups in total. The molecule has 3 heterocycles. The smallest absolute Gasteiger partial charge is 0.241 e. The molecule has 1 saturated heterocycles. The van der Waals surface area contributed by atoms with E-state index in [1.807, 2.05) is 6.92 Å². The van der Waals surface area contributed by atoms with Crippen molar-refractivity contribution in [3.63, 3.8) is 0 Å². The SMILES string of the molecule is CC(NC(=O)Cn1cc(Nc2nccc(NCc3c(F)cc(F)cc3F)n2)cn1)C1CCOC1. The Hall–Kier alpha value is -3.67. The summed E-state index contributed by atoms with van der Waals surface area (Å²) in [5.41, 5.74) is 0.252. The molecule has 1 amide bonds. The molecule has 34 heavy (non-hydrogen) atoms. The van der Waals surface area contributed by atoms with E-state index in [1.165, 1.54) is 23.1 Å². The molecule has 2 atom stereocenters. The summed E-state index contributed by atoms with van der Waals surface area (Å²) >= 11 is 0. The zero-order chi connectivity index (χ0) is 24.1. The van der Waals surface area contributed by atoms with Crippen molar-refractivity contribution < 1.29 is 22.7 Å². The van der Waals surface area contributed by atoms with E-state index >= 15 is 0 Å². The number of halogens is 3. The Morgan fingerprint density at radius 2 is 2.09 bits per heavy atom. The number of rotatable bonds is 9. The Kier molecular flexibility index (Phi) is 7.26. The zero-order valence-electron chi connectivity index (χ0n) is 18.4. The Labute approximate surface area is 193 Å². The van der Waals surface area contributed by atoms with Gasteiger partial charge in [-0.15, -0.1) is 0 Å². The second-order valence-electron chi connectivity index (χ2n) is 8.00. The van der Waals surface area contributed by atoms with Crippen molar-refractivity contribution in [2.75, 3.05) is 23.8 Å². The molecule has 4 rings (SSSR count). The van der Waals surface area contributed by atoms with Gasteiger partial charge < -0.3 is 20.7 Å². The summed E-state index contributed by atoms with van der Waals surface area (Å²) in [4.78, 5) is 20.6. The molecule has 1 aliphatic rings. The zero-order valence-corrected chi connectivity index (χ0v) is 18.4. The molecule has 1 aromatic carbocycles. The third kappa shape index (κ3) is 6.01. The standard InChI is InChI=1S/C22H24F3N7O2/c1-13(14-3-5-34-12-14)29-21(33)11-32-10-16(8-28-32)30-22-26-4-2-20(31-22)27-9-17-18(24)6-15(23)7-19(17)25/h2,4,6-8,10,13-14H,3,5,9,11-12H2,1H3,(H,29,33)(H2,26,27,30,31). The van der Waals surface area contributed by atoms with Crippen LogP contribution in [0.15, 0.2) is 36.8 Å². The number of carbonyl (C=O) groups excluding carboxylic acids is 1. The number of ether oxygens (including phenoxy) is 1. The van der Waals surface area contributed by atoms with Gasteiger partial charge in [-0.1, -0.05) is 0 Å². The van der Waals surface area contributed by atoms with Crippen molar-refractivity contribution in [3.05, 3.63) is 59.8 Å². The molecular weight excluding hydrogens is 451 g/mol. The van der Waals surface area contributed by atoms with Gasteiger partial charge in [0.15, 0.2) is 0 Å². The Morgan fingerprint density at radius 1 is 1.29 bits per heavy atom. The maximum absolute atomic E-state index is 13.8. The van der Waals surface area contributed by atoms with Gasteiger partial charge in [-0.25, -0.2) is 18.2 Å². The molecule has 12 heteroatoms. The van der Waals surface area contributed by atoms with Crippen LogP contribution < -0.4 is 16.0 Å². The van der Waals surface area contributed by atoms with Crippen molar-refractivity contribution in [3.8, 4) is 0 Å². The normalized spacial score (nSPS) is 16.3. The molecule has 2 aromatic heterocycles. The number of carbonyl (C=O) groups is 1. The number of benzene rings is 1. The van der Waals surface area contributed by atoms with E-state index in [2.05, 4.69) is 31.0 Å². The molecule has 9 nitrogen and oxygen atoms in total. The van der Waals surface area contributed by atoms with Crippen LogP contribution in [0.2, 0.25) is 0 Å². The number of aromatic nitrogens is 4. The van der Waals surface area contributed by atoms with Gasteiger partial charge in [-0.3, -0.25) is 9.48 Å². The van der Waals surface area contributed by atoms with E-state index in [9.17, 15) is 18.0 Å². The molecule has 1 aliphatic heterocycles. The van der Waals surface area contributed by atoms with Gasteiger partial charge in [0.2, 0.25) is 11.9 Å². The van der Waals surface area contributed by atoms with E-state index < -0.39 is 17.5 Å². The highest BCUT2D eigenvalue weighted by Crippen LogP contribution is 2.18. The molecule has 0 bridgehead atoms. The highest BCUT2D eigenvalue weighted by atomic mass is 19.1. The quantitative estimate of drug-likeness (QED) is 0.437. The first kappa shape index (κ1) is 23.5. The van der Waals surface area contributed by atoms with E-state index in [-0.39, 0.29) is 36.6 Å². The van der Waals surface area contributed by atoms with Crippen molar-refractivity contribution >= 4 is 23.4 Å². The summed E-state index contributed by atoms with van der Waals surface area (Å²) in [5.74, 6) is -2.28. The number of amides is 1. The third-order valence-electron chi connectivity index (χ3n) is 5.46. The molecule has 0 spiro atoms. The van der Waals surface area contributed by atoms with Gasteiger partial charge in [-0.2, -0.15) is 10.1 Å². The lowest BCUT2D eigenvalue weighted by atomic mass is 10.0. The third-order valence-corrected chi connectivity index (χ3v) is 5.46. The predicted octanol–water partition coefficient (Wildman–Crippen LogP) is 2.99. The average Bonchev–Trinajstić information content (AvgIpc) is 3.46. The molecule has 0 aliphatic carbocycles. The monoisotopic (exact) mass is 475 g/mol. The van der Waals surface area contributed by atoms with E-state index in [0.717, 1.165) is 13.0 Å². The van der Waals surface area contributed by atoms with Gasteiger partial charge in [0.1, 0.15) is 29.8 Å². The van der Waals surface area contributed by atoms with Gasteiger partial charge in [0.05, 0.1) is 18.5 Å².